The lowest BCUT2D eigenvalue weighted by atomic mass is 9.87. The largest absolute Gasteiger partial charge is 0.465 e. The van der Waals surface area contributed by atoms with E-state index < -0.39 is 17.4 Å². The third kappa shape index (κ3) is 4.38. The number of nitriles is 1. The molecule has 0 atom stereocenters. The van der Waals surface area contributed by atoms with Crippen LogP contribution in [0.25, 0.3) is 0 Å². The Labute approximate surface area is 140 Å². The van der Waals surface area contributed by atoms with Crippen molar-refractivity contribution in [3.63, 3.8) is 0 Å². The first-order valence-corrected chi connectivity index (χ1v) is 7.41. The van der Waals surface area contributed by atoms with Crippen LogP contribution in [0.5, 0.6) is 0 Å². The van der Waals surface area contributed by atoms with Gasteiger partial charge >= 0.3 is 11.9 Å². The molecule has 0 N–H and O–H groups in total. The molecule has 24 heavy (non-hydrogen) atoms. The maximum atomic E-state index is 12.1. The number of aromatic nitrogens is 1. The van der Waals surface area contributed by atoms with Crippen molar-refractivity contribution in [1.29, 1.82) is 5.26 Å². The molecular formula is C17H20N2O5. The van der Waals surface area contributed by atoms with Gasteiger partial charge in [0.2, 0.25) is 0 Å². The van der Waals surface area contributed by atoms with Crippen LogP contribution in [0.1, 0.15) is 48.8 Å². The van der Waals surface area contributed by atoms with Gasteiger partial charge in [0, 0.05) is 12.6 Å². The summed E-state index contributed by atoms with van der Waals surface area (Å²) >= 11 is 0. The van der Waals surface area contributed by atoms with Gasteiger partial charge < -0.3 is 9.47 Å². The third-order valence-corrected chi connectivity index (χ3v) is 3.48. The van der Waals surface area contributed by atoms with Gasteiger partial charge in [-0.2, -0.15) is 5.26 Å². The van der Waals surface area contributed by atoms with Gasteiger partial charge in [0.1, 0.15) is 5.41 Å². The van der Waals surface area contributed by atoms with Crippen molar-refractivity contribution in [3.05, 3.63) is 29.1 Å². The van der Waals surface area contributed by atoms with Gasteiger partial charge in [0.05, 0.1) is 37.5 Å². The number of carbonyl (C=O) groups is 3. The number of methoxy groups -OCH3 is 1. The zero-order chi connectivity index (χ0) is 18.3. The van der Waals surface area contributed by atoms with E-state index in [4.69, 9.17) is 14.7 Å². The van der Waals surface area contributed by atoms with Crippen molar-refractivity contribution in [2.45, 2.75) is 39.0 Å². The Kier molecular flexibility index (Phi) is 6.59. The van der Waals surface area contributed by atoms with Gasteiger partial charge in [0.15, 0.2) is 5.78 Å². The number of hydrogen-bond donors (Lipinski definition) is 0. The number of Topliss-reactive ketones (excluding diaryl/α,β-unsaturated/α-hetero) is 1. The fourth-order valence-electron chi connectivity index (χ4n) is 2.05. The number of pyridine rings is 1. The molecule has 0 aliphatic heterocycles. The highest BCUT2D eigenvalue weighted by molar-refractivity contribution is 5.94. The van der Waals surface area contributed by atoms with Gasteiger partial charge in [-0.15, -0.1) is 0 Å². The summed E-state index contributed by atoms with van der Waals surface area (Å²) in [5, 5.41) is 8.57. The van der Waals surface area contributed by atoms with Crippen LogP contribution in [-0.4, -0.2) is 36.4 Å². The van der Waals surface area contributed by atoms with E-state index in [1.165, 1.54) is 19.4 Å². The van der Waals surface area contributed by atoms with E-state index in [1.807, 2.05) is 0 Å². The maximum Gasteiger partial charge on any atom is 0.338 e. The average molecular weight is 332 g/mol. The second-order valence-corrected chi connectivity index (χ2v) is 5.61. The number of nitrogens with zero attached hydrogens (tertiary/aromatic N) is 2. The van der Waals surface area contributed by atoms with E-state index in [2.05, 4.69) is 4.98 Å². The summed E-state index contributed by atoms with van der Waals surface area (Å²) in [6.45, 7) is 5.20. The number of ether oxygens (including phenoxy) is 2. The van der Waals surface area contributed by atoms with Crippen LogP contribution in [0, 0.1) is 11.3 Å². The minimum Gasteiger partial charge on any atom is -0.465 e. The van der Waals surface area contributed by atoms with Crippen molar-refractivity contribution < 1.29 is 23.9 Å². The minimum atomic E-state index is -1.06. The van der Waals surface area contributed by atoms with Crippen molar-refractivity contribution in [1.82, 2.24) is 4.98 Å². The molecule has 1 aromatic heterocycles. The van der Waals surface area contributed by atoms with Gasteiger partial charge in [-0.1, -0.05) is 0 Å². The molecule has 0 saturated carbocycles. The van der Waals surface area contributed by atoms with E-state index in [1.54, 1.807) is 26.8 Å². The highest BCUT2D eigenvalue weighted by Gasteiger charge is 2.34. The molecule has 0 saturated heterocycles. The average Bonchev–Trinajstić information content (AvgIpc) is 2.54. The Morgan fingerprint density at radius 2 is 2.00 bits per heavy atom. The highest BCUT2D eigenvalue weighted by atomic mass is 16.5. The van der Waals surface area contributed by atoms with Crippen LogP contribution >= 0.6 is 0 Å². The fourth-order valence-corrected chi connectivity index (χ4v) is 2.05. The van der Waals surface area contributed by atoms with Gasteiger partial charge in [-0.3, -0.25) is 14.6 Å². The number of carbonyl (C=O) groups excluding carboxylic acids is 3. The molecule has 0 aliphatic carbocycles. The topological polar surface area (TPSA) is 106 Å². The van der Waals surface area contributed by atoms with Gasteiger partial charge in [-0.25, -0.2) is 4.79 Å². The summed E-state index contributed by atoms with van der Waals surface area (Å²) in [5.41, 5.74) is -0.233. The minimum absolute atomic E-state index is 0.106. The third-order valence-electron chi connectivity index (χ3n) is 3.48. The van der Waals surface area contributed by atoms with Crippen molar-refractivity contribution in [2.75, 3.05) is 13.7 Å². The SMILES string of the molecule is CCOC(=O)C(C)(C)c1cc(C(=O)OC)c(CC(=O)CC#N)cn1. The molecule has 0 spiro atoms. The summed E-state index contributed by atoms with van der Waals surface area (Å²) in [5.74, 6) is -1.44. The number of rotatable bonds is 7. The van der Waals surface area contributed by atoms with Crippen LogP contribution < -0.4 is 0 Å². The summed E-state index contributed by atoms with van der Waals surface area (Å²) in [6, 6.07) is 3.20. The fraction of sp³-hybridized carbons (Fsp3) is 0.471. The van der Waals surface area contributed by atoms with Crippen LogP contribution in [0.2, 0.25) is 0 Å². The second kappa shape index (κ2) is 8.20. The molecule has 0 aliphatic rings. The molecule has 7 nitrogen and oxygen atoms in total. The molecule has 0 unspecified atom stereocenters. The lowest BCUT2D eigenvalue weighted by Gasteiger charge is -2.22. The smallest absolute Gasteiger partial charge is 0.338 e. The second-order valence-electron chi connectivity index (χ2n) is 5.61. The van der Waals surface area contributed by atoms with E-state index in [-0.39, 0.29) is 30.8 Å². The molecule has 0 radical (unpaired) electrons. The standard InChI is InChI=1S/C17H20N2O5/c1-5-24-16(22)17(2,3)14-9-13(15(21)23-4)11(10-19-14)8-12(20)6-7-18/h9-10H,5-6,8H2,1-4H3. The van der Waals surface area contributed by atoms with Crippen molar-refractivity contribution >= 4 is 17.7 Å². The summed E-state index contributed by atoms with van der Waals surface area (Å²) in [6.07, 6.45) is 1.000. The van der Waals surface area contributed by atoms with Gasteiger partial charge in [-0.05, 0) is 32.4 Å². The normalized spacial score (nSPS) is 10.6. The van der Waals surface area contributed by atoms with Crippen molar-refractivity contribution in [2.24, 2.45) is 0 Å². The quantitative estimate of drug-likeness (QED) is 0.700. The monoisotopic (exact) mass is 332 g/mol. The van der Waals surface area contributed by atoms with Gasteiger partial charge in [0.25, 0.3) is 0 Å². The number of esters is 2. The Balaban J connectivity index is 3.29. The highest BCUT2D eigenvalue weighted by Crippen LogP contribution is 2.25. The molecule has 0 bridgehead atoms. The van der Waals surface area contributed by atoms with E-state index >= 15 is 0 Å². The Morgan fingerprint density at radius 1 is 1.33 bits per heavy atom. The Bertz CT molecular complexity index is 689. The van der Waals surface area contributed by atoms with Crippen LogP contribution in [-0.2, 0) is 30.9 Å². The zero-order valence-corrected chi connectivity index (χ0v) is 14.2. The molecule has 1 aromatic rings. The first-order chi connectivity index (χ1) is 11.3. The molecule has 128 valence electrons. The van der Waals surface area contributed by atoms with Crippen LogP contribution in [0.15, 0.2) is 12.3 Å². The van der Waals surface area contributed by atoms with Crippen LogP contribution in [0.3, 0.4) is 0 Å². The summed E-state index contributed by atoms with van der Waals surface area (Å²) in [4.78, 5) is 40.0. The van der Waals surface area contributed by atoms with Crippen LogP contribution in [0.4, 0.5) is 0 Å². The predicted octanol–water partition coefficient (Wildman–Crippen LogP) is 1.73. The summed E-state index contributed by atoms with van der Waals surface area (Å²) in [7, 11) is 1.22. The van der Waals surface area contributed by atoms with E-state index in [0.717, 1.165) is 0 Å². The molecule has 0 aromatic carbocycles. The first-order valence-electron chi connectivity index (χ1n) is 7.41. The van der Waals surface area contributed by atoms with Crippen molar-refractivity contribution in [3.8, 4) is 6.07 Å². The maximum absolute atomic E-state index is 12.1. The molecule has 1 heterocycles. The predicted molar refractivity (Wildman–Crippen MR) is 84.2 cm³/mol. The summed E-state index contributed by atoms with van der Waals surface area (Å²) < 4.78 is 9.76. The van der Waals surface area contributed by atoms with E-state index in [9.17, 15) is 14.4 Å². The molecule has 1 rings (SSSR count). The lowest BCUT2D eigenvalue weighted by molar-refractivity contribution is -0.149. The first kappa shape index (κ1) is 19.3. The molecular weight excluding hydrogens is 312 g/mol. The number of hydrogen-bond acceptors (Lipinski definition) is 7. The molecule has 0 amide bonds. The van der Waals surface area contributed by atoms with E-state index in [0.29, 0.717) is 11.3 Å². The Morgan fingerprint density at radius 3 is 2.54 bits per heavy atom. The Hall–Kier alpha value is -2.75. The molecule has 0 fully saturated rings. The molecule has 7 heteroatoms. The zero-order valence-electron chi connectivity index (χ0n) is 14.2. The number of ketones is 1. The lowest BCUT2D eigenvalue weighted by Crippen LogP contribution is -2.32.